The maximum Gasteiger partial charge on any atom is 0.387 e. The highest BCUT2D eigenvalue weighted by Gasteiger charge is 2.13. The number of para-hydroxylation sites is 1. The Labute approximate surface area is 174 Å². The summed E-state index contributed by atoms with van der Waals surface area (Å²) in [6, 6.07) is 15.3. The van der Waals surface area contributed by atoms with Crippen molar-refractivity contribution in [1.82, 2.24) is 19.7 Å². The number of amides is 1. The first-order valence-electron chi connectivity index (χ1n) is 8.82. The Bertz CT molecular complexity index is 1150. The lowest BCUT2D eigenvalue weighted by Gasteiger charge is -2.07. The van der Waals surface area contributed by atoms with E-state index < -0.39 is 6.61 Å². The first-order valence-corrected chi connectivity index (χ1v) is 9.80. The number of thioether (sulfide) groups is 1. The number of anilines is 1. The number of fused-ring (bicyclic) bond motifs is 1. The normalized spacial score (nSPS) is 11.0. The SMILES string of the molecule is O=C(CSc1ncnc2c1cnn2-c1ccccc1)Nc1ccc(OC(F)F)cc1. The predicted molar refractivity (Wildman–Crippen MR) is 109 cm³/mol. The van der Waals surface area contributed by atoms with Crippen LogP contribution < -0.4 is 10.1 Å². The Balaban J connectivity index is 1.42. The van der Waals surface area contributed by atoms with Gasteiger partial charge in [-0.05, 0) is 36.4 Å². The zero-order valence-electron chi connectivity index (χ0n) is 15.4. The molecule has 152 valence electrons. The van der Waals surface area contributed by atoms with Gasteiger partial charge in [0.1, 0.15) is 17.1 Å². The van der Waals surface area contributed by atoms with Crippen LogP contribution in [0, 0.1) is 0 Å². The molecule has 0 saturated carbocycles. The molecule has 30 heavy (non-hydrogen) atoms. The predicted octanol–water partition coefficient (Wildman–Crippen LogP) is 4.15. The second kappa shape index (κ2) is 8.87. The van der Waals surface area contributed by atoms with Gasteiger partial charge in [0, 0.05) is 5.69 Å². The van der Waals surface area contributed by atoms with Gasteiger partial charge in [-0.25, -0.2) is 14.6 Å². The fraction of sp³-hybridized carbons (Fsp3) is 0.100. The van der Waals surface area contributed by atoms with Gasteiger partial charge in [0.15, 0.2) is 5.65 Å². The fourth-order valence-electron chi connectivity index (χ4n) is 2.75. The number of nitrogens with one attached hydrogen (secondary N) is 1. The summed E-state index contributed by atoms with van der Waals surface area (Å²) in [7, 11) is 0. The Morgan fingerprint density at radius 2 is 1.87 bits per heavy atom. The van der Waals surface area contributed by atoms with E-state index in [-0.39, 0.29) is 17.4 Å². The molecule has 1 amide bonds. The highest BCUT2D eigenvalue weighted by atomic mass is 32.2. The molecule has 0 spiro atoms. The third-order valence-corrected chi connectivity index (χ3v) is 5.04. The number of ether oxygens (including phenoxy) is 1. The maximum absolute atomic E-state index is 12.3. The van der Waals surface area contributed by atoms with E-state index in [4.69, 9.17) is 0 Å². The molecular formula is C20H15F2N5O2S. The average Bonchev–Trinajstić information content (AvgIpc) is 3.19. The van der Waals surface area contributed by atoms with Crippen LogP contribution in [-0.2, 0) is 4.79 Å². The Morgan fingerprint density at radius 3 is 2.60 bits per heavy atom. The molecule has 4 rings (SSSR count). The molecule has 0 radical (unpaired) electrons. The molecule has 4 aromatic rings. The van der Waals surface area contributed by atoms with E-state index in [0.29, 0.717) is 16.4 Å². The molecule has 0 aliphatic rings. The summed E-state index contributed by atoms with van der Waals surface area (Å²) in [5.41, 5.74) is 2.00. The molecule has 0 saturated heterocycles. The Morgan fingerprint density at radius 1 is 1.10 bits per heavy atom. The number of alkyl halides is 2. The highest BCUT2D eigenvalue weighted by Crippen LogP contribution is 2.26. The van der Waals surface area contributed by atoms with Crippen LogP contribution in [0.5, 0.6) is 5.75 Å². The first-order chi connectivity index (χ1) is 14.6. The quantitative estimate of drug-likeness (QED) is 0.353. The lowest BCUT2D eigenvalue weighted by molar-refractivity contribution is -0.113. The van der Waals surface area contributed by atoms with Crippen molar-refractivity contribution in [3.63, 3.8) is 0 Å². The minimum atomic E-state index is -2.89. The molecule has 1 N–H and O–H groups in total. The van der Waals surface area contributed by atoms with Crippen LogP contribution >= 0.6 is 11.8 Å². The Hall–Kier alpha value is -3.53. The van der Waals surface area contributed by atoms with Gasteiger partial charge in [-0.2, -0.15) is 13.9 Å². The van der Waals surface area contributed by atoms with Crippen molar-refractivity contribution in [3.8, 4) is 11.4 Å². The van der Waals surface area contributed by atoms with E-state index in [0.717, 1.165) is 11.1 Å². The van der Waals surface area contributed by atoms with Crippen LogP contribution in [-0.4, -0.2) is 38.0 Å². The van der Waals surface area contributed by atoms with Gasteiger partial charge in [-0.1, -0.05) is 30.0 Å². The third-order valence-electron chi connectivity index (χ3n) is 4.03. The average molecular weight is 427 g/mol. The van der Waals surface area contributed by atoms with Crippen molar-refractivity contribution in [1.29, 1.82) is 0 Å². The summed E-state index contributed by atoms with van der Waals surface area (Å²) in [6.45, 7) is -2.89. The molecule has 2 aromatic heterocycles. The van der Waals surface area contributed by atoms with E-state index in [1.54, 1.807) is 10.9 Å². The van der Waals surface area contributed by atoms with Crippen molar-refractivity contribution >= 4 is 34.4 Å². The number of hydrogen-bond acceptors (Lipinski definition) is 6. The minimum absolute atomic E-state index is 0.0242. The molecule has 10 heteroatoms. The lowest BCUT2D eigenvalue weighted by atomic mass is 10.3. The first kappa shape index (κ1) is 19.8. The van der Waals surface area contributed by atoms with Crippen molar-refractivity contribution in [2.24, 2.45) is 0 Å². The number of benzene rings is 2. The molecule has 2 aromatic carbocycles. The number of carbonyl (C=O) groups is 1. The monoisotopic (exact) mass is 427 g/mol. The molecule has 0 aliphatic carbocycles. The number of carbonyl (C=O) groups excluding carboxylic acids is 1. The number of nitrogens with zero attached hydrogens (tertiary/aromatic N) is 4. The second-order valence-corrected chi connectivity index (χ2v) is 7.01. The highest BCUT2D eigenvalue weighted by molar-refractivity contribution is 8.00. The van der Waals surface area contributed by atoms with Crippen LogP contribution in [0.3, 0.4) is 0 Å². The van der Waals surface area contributed by atoms with Crippen LogP contribution in [0.1, 0.15) is 0 Å². The van der Waals surface area contributed by atoms with Crippen molar-refractivity contribution in [3.05, 3.63) is 67.1 Å². The standard InChI is InChI=1S/C20H15F2N5O2S/c21-20(22)29-15-8-6-13(7-9-15)26-17(28)11-30-19-16-10-25-27(18(16)23-12-24-19)14-4-2-1-3-5-14/h1-10,12,20H,11H2,(H,26,28). The van der Waals surface area contributed by atoms with Crippen LogP contribution in [0.4, 0.5) is 14.5 Å². The van der Waals surface area contributed by atoms with E-state index >= 15 is 0 Å². The number of aromatic nitrogens is 4. The van der Waals surface area contributed by atoms with E-state index in [2.05, 4.69) is 25.1 Å². The molecule has 7 nitrogen and oxygen atoms in total. The summed E-state index contributed by atoms with van der Waals surface area (Å²) in [5, 5.41) is 8.47. The zero-order valence-corrected chi connectivity index (χ0v) is 16.2. The summed E-state index contributed by atoms with van der Waals surface area (Å²) in [5.74, 6) is -0.126. The van der Waals surface area contributed by atoms with Gasteiger partial charge in [0.25, 0.3) is 0 Å². The Kier molecular flexibility index (Phi) is 5.84. The largest absolute Gasteiger partial charge is 0.435 e. The summed E-state index contributed by atoms with van der Waals surface area (Å²) >= 11 is 1.26. The van der Waals surface area contributed by atoms with E-state index in [9.17, 15) is 13.6 Å². The minimum Gasteiger partial charge on any atom is -0.435 e. The maximum atomic E-state index is 12.3. The van der Waals surface area contributed by atoms with E-state index in [1.807, 2.05) is 30.3 Å². The molecule has 0 fully saturated rings. The number of halogens is 2. The van der Waals surface area contributed by atoms with Gasteiger partial charge in [0.2, 0.25) is 5.91 Å². The van der Waals surface area contributed by atoms with Crippen LogP contribution in [0.15, 0.2) is 72.1 Å². The zero-order chi connectivity index (χ0) is 20.9. The number of hydrogen-bond donors (Lipinski definition) is 1. The summed E-state index contributed by atoms with van der Waals surface area (Å²) in [4.78, 5) is 20.8. The smallest absolute Gasteiger partial charge is 0.387 e. The molecular weight excluding hydrogens is 412 g/mol. The van der Waals surface area contributed by atoms with E-state index in [1.165, 1.54) is 42.4 Å². The topological polar surface area (TPSA) is 81.9 Å². The lowest BCUT2D eigenvalue weighted by Crippen LogP contribution is -2.14. The van der Waals surface area contributed by atoms with Crippen molar-refractivity contribution < 1.29 is 18.3 Å². The molecule has 0 aliphatic heterocycles. The molecule has 0 bridgehead atoms. The van der Waals surface area contributed by atoms with Gasteiger partial charge in [0.05, 0.1) is 23.0 Å². The van der Waals surface area contributed by atoms with Gasteiger partial charge >= 0.3 is 6.61 Å². The summed E-state index contributed by atoms with van der Waals surface area (Å²) in [6.07, 6.45) is 3.11. The van der Waals surface area contributed by atoms with Gasteiger partial charge in [-0.3, -0.25) is 4.79 Å². The third kappa shape index (κ3) is 4.54. The summed E-state index contributed by atoms with van der Waals surface area (Å²) < 4.78 is 30.4. The second-order valence-electron chi connectivity index (χ2n) is 6.05. The van der Waals surface area contributed by atoms with Gasteiger partial charge in [-0.15, -0.1) is 0 Å². The fourth-order valence-corrected chi connectivity index (χ4v) is 3.51. The van der Waals surface area contributed by atoms with Crippen molar-refractivity contribution in [2.45, 2.75) is 11.6 Å². The van der Waals surface area contributed by atoms with Crippen LogP contribution in [0.25, 0.3) is 16.7 Å². The molecule has 0 unspecified atom stereocenters. The van der Waals surface area contributed by atoms with Crippen molar-refractivity contribution in [2.75, 3.05) is 11.1 Å². The van der Waals surface area contributed by atoms with Gasteiger partial charge < -0.3 is 10.1 Å². The van der Waals surface area contributed by atoms with Crippen LogP contribution in [0.2, 0.25) is 0 Å². The molecule has 0 atom stereocenters. The number of rotatable bonds is 7. The molecule has 2 heterocycles.